The van der Waals surface area contributed by atoms with Gasteiger partial charge in [-0.15, -0.1) is 0 Å². The number of carbonyl (C=O) groups excluding carboxylic acids is 1. The second-order valence-corrected chi connectivity index (χ2v) is 4.07. The molecule has 0 bridgehead atoms. The van der Waals surface area contributed by atoms with Crippen molar-refractivity contribution in [1.29, 1.82) is 0 Å². The molecule has 0 radical (unpaired) electrons. The minimum absolute atomic E-state index is 0.107. The van der Waals surface area contributed by atoms with Crippen LogP contribution in [-0.4, -0.2) is 22.5 Å². The Morgan fingerprint density at radius 2 is 2.00 bits per heavy atom. The highest BCUT2D eigenvalue weighted by Crippen LogP contribution is 2.31. The smallest absolute Gasteiger partial charge is 0.381 e. The van der Waals surface area contributed by atoms with E-state index in [9.17, 15) is 13.6 Å². The molecule has 0 atom stereocenters. The monoisotopic (exact) mass is 293 g/mol. The fourth-order valence-corrected chi connectivity index (χ4v) is 1.62. The van der Waals surface area contributed by atoms with Crippen LogP contribution in [0.3, 0.4) is 0 Å². The lowest BCUT2D eigenvalue weighted by molar-refractivity contribution is -0.173. The van der Waals surface area contributed by atoms with E-state index in [1.165, 1.54) is 25.4 Å². The van der Waals surface area contributed by atoms with Crippen molar-refractivity contribution < 1.29 is 18.3 Å². The number of esters is 1. The van der Waals surface area contributed by atoms with Gasteiger partial charge in [0.25, 0.3) is 0 Å². The zero-order valence-corrected chi connectivity index (χ0v) is 11.2. The van der Waals surface area contributed by atoms with Gasteiger partial charge < -0.3 is 10.1 Å². The van der Waals surface area contributed by atoms with Gasteiger partial charge in [0, 0.05) is 23.6 Å². The molecule has 1 heterocycles. The lowest BCUT2D eigenvalue weighted by Gasteiger charge is -2.15. The SMILES string of the molecule is CCOC(=O)C(F)(F)c1cccc(Nc2ncccn2)c1. The van der Waals surface area contributed by atoms with E-state index in [2.05, 4.69) is 20.0 Å². The van der Waals surface area contributed by atoms with Crippen LogP contribution >= 0.6 is 0 Å². The fraction of sp³-hybridized carbons (Fsp3) is 0.214. The normalized spacial score (nSPS) is 11.0. The highest BCUT2D eigenvalue weighted by Gasteiger charge is 2.42. The third-order valence-corrected chi connectivity index (χ3v) is 2.58. The van der Waals surface area contributed by atoms with Crippen LogP contribution in [0, 0.1) is 0 Å². The van der Waals surface area contributed by atoms with Crippen molar-refractivity contribution >= 4 is 17.6 Å². The lowest BCUT2D eigenvalue weighted by Crippen LogP contribution is -2.28. The minimum Gasteiger partial charge on any atom is -0.461 e. The molecule has 0 saturated carbocycles. The molecular weight excluding hydrogens is 280 g/mol. The molecule has 0 amide bonds. The third-order valence-electron chi connectivity index (χ3n) is 2.58. The molecule has 0 aliphatic carbocycles. The Balaban J connectivity index is 2.23. The molecule has 5 nitrogen and oxygen atoms in total. The van der Waals surface area contributed by atoms with Gasteiger partial charge in [0.15, 0.2) is 0 Å². The maximum absolute atomic E-state index is 13.9. The number of nitrogens with zero attached hydrogens (tertiary/aromatic N) is 2. The van der Waals surface area contributed by atoms with Gasteiger partial charge >= 0.3 is 11.9 Å². The molecule has 1 aromatic heterocycles. The Bertz CT molecular complexity index is 621. The van der Waals surface area contributed by atoms with E-state index in [1.807, 2.05) is 0 Å². The molecule has 0 unspecified atom stereocenters. The summed E-state index contributed by atoms with van der Waals surface area (Å²) in [7, 11) is 0. The number of benzene rings is 1. The Kier molecular flexibility index (Phi) is 4.42. The van der Waals surface area contributed by atoms with Gasteiger partial charge in [-0.25, -0.2) is 14.8 Å². The third kappa shape index (κ3) is 3.50. The number of ether oxygens (including phenoxy) is 1. The van der Waals surface area contributed by atoms with Crippen molar-refractivity contribution in [1.82, 2.24) is 9.97 Å². The Labute approximate surface area is 120 Å². The van der Waals surface area contributed by atoms with Crippen LogP contribution in [-0.2, 0) is 15.5 Å². The zero-order valence-electron chi connectivity index (χ0n) is 11.2. The van der Waals surface area contributed by atoms with Crippen molar-refractivity contribution in [2.45, 2.75) is 12.8 Å². The van der Waals surface area contributed by atoms with Crippen molar-refractivity contribution in [2.75, 3.05) is 11.9 Å². The van der Waals surface area contributed by atoms with Crippen LogP contribution in [0.2, 0.25) is 0 Å². The second kappa shape index (κ2) is 6.25. The number of hydrogen-bond acceptors (Lipinski definition) is 5. The topological polar surface area (TPSA) is 64.1 Å². The summed E-state index contributed by atoms with van der Waals surface area (Å²) in [6.45, 7) is 1.36. The number of alkyl halides is 2. The van der Waals surface area contributed by atoms with Gasteiger partial charge in [-0.3, -0.25) is 0 Å². The quantitative estimate of drug-likeness (QED) is 0.859. The maximum atomic E-state index is 13.9. The van der Waals surface area contributed by atoms with Crippen molar-refractivity contribution in [3.05, 3.63) is 48.3 Å². The van der Waals surface area contributed by atoms with Gasteiger partial charge in [-0.1, -0.05) is 12.1 Å². The molecule has 0 saturated heterocycles. The van der Waals surface area contributed by atoms with Gasteiger partial charge in [0.2, 0.25) is 5.95 Å². The largest absolute Gasteiger partial charge is 0.461 e. The number of rotatable bonds is 5. The Morgan fingerprint density at radius 1 is 1.29 bits per heavy atom. The summed E-state index contributed by atoms with van der Waals surface area (Å²) < 4.78 is 32.2. The van der Waals surface area contributed by atoms with Crippen molar-refractivity contribution in [3.8, 4) is 0 Å². The lowest BCUT2D eigenvalue weighted by atomic mass is 10.1. The molecule has 2 aromatic rings. The first-order valence-corrected chi connectivity index (χ1v) is 6.23. The van der Waals surface area contributed by atoms with Gasteiger partial charge in [-0.05, 0) is 25.1 Å². The van der Waals surface area contributed by atoms with E-state index in [-0.39, 0.29) is 12.6 Å². The molecule has 0 aliphatic rings. The predicted octanol–water partition coefficient (Wildman–Crippen LogP) is 2.88. The summed E-state index contributed by atoms with van der Waals surface area (Å²) in [5.41, 5.74) is -0.107. The summed E-state index contributed by atoms with van der Waals surface area (Å²) in [6.07, 6.45) is 3.04. The molecular formula is C14H13F2N3O2. The maximum Gasteiger partial charge on any atom is 0.381 e. The highest BCUT2D eigenvalue weighted by molar-refractivity contribution is 5.80. The molecule has 1 N–H and O–H groups in total. The molecule has 2 rings (SSSR count). The van der Waals surface area contributed by atoms with E-state index in [1.54, 1.807) is 12.1 Å². The number of hydrogen-bond donors (Lipinski definition) is 1. The molecule has 7 heteroatoms. The Hall–Kier alpha value is -2.57. The number of nitrogens with one attached hydrogen (secondary N) is 1. The fourth-order valence-electron chi connectivity index (χ4n) is 1.62. The van der Waals surface area contributed by atoms with Crippen LogP contribution < -0.4 is 5.32 Å². The molecule has 21 heavy (non-hydrogen) atoms. The average molecular weight is 293 g/mol. The summed E-state index contributed by atoms with van der Waals surface area (Å²) in [4.78, 5) is 19.2. The second-order valence-electron chi connectivity index (χ2n) is 4.07. The van der Waals surface area contributed by atoms with Crippen LogP contribution in [0.4, 0.5) is 20.4 Å². The number of anilines is 2. The van der Waals surface area contributed by atoms with Gasteiger partial charge in [0.05, 0.1) is 6.61 Å². The van der Waals surface area contributed by atoms with Crippen molar-refractivity contribution in [3.63, 3.8) is 0 Å². The number of aromatic nitrogens is 2. The van der Waals surface area contributed by atoms with E-state index in [4.69, 9.17) is 0 Å². The Morgan fingerprint density at radius 3 is 2.67 bits per heavy atom. The van der Waals surface area contributed by atoms with E-state index < -0.39 is 17.5 Å². The predicted molar refractivity (Wildman–Crippen MR) is 72.3 cm³/mol. The number of carbonyl (C=O) groups is 1. The highest BCUT2D eigenvalue weighted by atomic mass is 19.3. The standard InChI is InChI=1S/C14H13F2N3O2/c1-2-21-12(20)14(15,16)10-5-3-6-11(9-10)19-13-17-7-4-8-18-13/h3-9H,2H2,1H3,(H,17,18,19). The van der Waals surface area contributed by atoms with Crippen LogP contribution in [0.25, 0.3) is 0 Å². The van der Waals surface area contributed by atoms with Gasteiger partial charge in [-0.2, -0.15) is 8.78 Å². The number of halogens is 2. The van der Waals surface area contributed by atoms with Crippen LogP contribution in [0.5, 0.6) is 0 Å². The van der Waals surface area contributed by atoms with Gasteiger partial charge in [0.1, 0.15) is 0 Å². The summed E-state index contributed by atoms with van der Waals surface area (Å²) in [5, 5.41) is 2.78. The van der Waals surface area contributed by atoms with Crippen LogP contribution in [0.15, 0.2) is 42.7 Å². The summed E-state index contributed by atoms with van der Waals surface area (Å²) in [5.74, 6) is -5.00. The molecule has 0 spiro atoms. The van der Waals surface area contributed by atoms with Crippen molar-refractivity contribution in [2.24, 2.45) is 0 Å². The minimum atomic E-state index is -3.70. The zero-order chi connectivity index (χ0) is 15.3. The molecule has 0 aliphatic heterocycles. The molecule has 0 fully saturated rings. The first-order valence-electron chi connectivity index (χ1n) is 6.23. The van der Waals surface area contributed by atoms with E-state index in [0.717, 1.165) is 12.1 Å². The van der Waals surface area contributed by atoms with E-state index in [0.29, 0.717) is 5.69 Å². The summed E-state index contributed by atoms with van der Waals surface area (Å²) >= 11 is 0. The first kappa shape index (κ1) is 14.8. The molecule has 110 valence electrons. The molecule has 1 aromatic carbocycles. The first-order chi connectivity index (χ1) is 10.0. The summed E-state index contributed by atoms with van der Waals surface area (Å²) in [6, 6.07) is 6.94. The van der Waals surface area contributed by atoms with E-state index >= 15 is 0 Å². The average Bonchev–Trinajstić information content (AvgIpc) is 2.49. The van der Waals surface area contributed by atoms with Crippen LogP contribution in [0.1, 0.15) is 12.5 Å².